The molecule has 148 valence electrons. The van der Waals surface area contributed by atoms with Crippen LogP contribution >= 0.6 is 12.2 Å². The maximum Gasteiger partial charge on any atom is 0.166 e. The van der Waals surface area contributed by atoms with E-state index in [0.29, 0.717) is 18.2 Å². The van der Waals surface area contributed by atoms with Crippen LogP contribution in [0.3, 0.4) is 0 Å². The number of aromatic nitrogens is 1. The van der Waals surface area contributed by atoms with Crippen molar-refractivity contribution in [1.29, 1.82) is 0 Å². The van der Waals surface area contributed by atoms with Crippen LogP contribution in [-0.4, -0.2) is 23.8 Å². The first kappa shape index (κ1) is 19.1. The van der Waals surface area contributed by atoms with Gasteiger partial charge in [0.05, 0.1) is 19.9 Å². The van der Waals surface area contributed by atoms with Gasteiger partial charge in [-0.2, -0.15) is 0 Å². The summed E-state index contributed by atoms with van der Waals surface area (Å²) in [5, 5.41) is 8.36. The molecule has 0 aliphatic carbocycles. The number of ether oxygens (including phenoxy) is 1. The molecule has 6 heteroatoms. The van der Waals surface area contributed by atoms with Gasteiger partial charge >= 0.3 is 0 Å². The van der Waals surface area contributed by atoms with Crippen molar-refractivity contribution >= 4 is 28.2 Å². The average Bonchev–Trinajstić information content (AvgIpc) is 3.43. The number of rotatable bonds is 7. The zero-order chi connectivity index (χ0) is 20.1. The van der Waals surface area contributed by atoms with Crippen LogP contribution in [0.4, 0.5) is 0 Å². The summed E-state index contributed by atoms with van der Waals surface area (Å²) < 4.78 is 10.7. The lowest BCUT2D eigenvalue weighted by Gasteiger charge is -2.20. The van der Waals surface area contributed by atoms with E-state index in [9.17, 15) is 0 Å². The van der Waals surface area contributed by atoms with Crippen molar-refractivity contribution in [3.63, 3.8) is 0 Å². The van der Waals surface area contributed by atoms with Crippen LogP contribution in [0.25, 0.3) is 10.9 Å². The minimum Gasteiger partial charge on any atom is -0.497 e. The molecule has 3 N–H and O–H groups in total. The number of thiocarbonyl (C=S) groups is 1. The predicted molar refractivity (Wildman–Crippen MR) is 119 cm³/mol. The molecule has 0 aliphatic heterocycles. The smallest absolute Gasteiger partial charge is 0.166 e. The number of furan rings is 1. The van der Waals surface area contributed by atoms with Crippen molar-refractivity contribution in [2.24, 2.45) is 0 Å². The lowest BCUT2D eigenvalue weighted by atomic mass is 9.91. The van der Waals surface area contributed by atoms with Gasteiger partial charge in [-0.05, 0) is 53.7 Å². The summed E-state index contributed by atoms with van der Waals surface area (Å²) in [6.07, 6.45) is 3.74. The van der Waals surface area contributed by atoms with E-state index in [1.807, 2.05) is 30.3 Å². The molecule has 29 heavy (non-hydrogen) atoms. The topological polar surface area (TPSA) is 62.2 Å². The Balaban J connectivity index is 1.54. The van der Waals surface area contributed by atoms with Gasteiger partial charge in [0.25, 0.3) is 0 Å². The van der Waals surface area contributed by atoms with Crippen LogP contribution in [0.1, 0.15) is 22.8 Å². The van der Waals surface area contributed by atoms with Crippen molar-refractivity contribution in [2.45, 2.75) is 12.5 Å². The first-order valence-corrected chi connectivity index (χ1v) is 9.89. The summed E-state index contributed by atoms with van der Waals surface area (Å²) in [7, 11) is 1.68. The minimum atomic E-state index is 0.125. The zero-order valence-corrected chi connectivity index (χ0v) is 17.0. The zero-order valence-electron chi connectivity index (χ0n) is 16.1. The van der Waals surface area contributed by atoms with E-state index in [-0.39, 0.29) is 5.92 Å². The fourth-order valence-electron chi connectivity index (χ4n) is 3.46. The summed E-state index contributed by atoms with van der Waals surface area (Å²) in [6.45, 7) is 1.22. The molecule has 0 spiro atoms. The summed E-state index contributed by atoms with van der Waals surface area (Å²) in [5.74, 6) is 1.81. The number of hydrogen-bond acceptors (Lipinski definition) is 3. The van der Waals surface area contributed by atoms with Gasteiger partial charge in [-0.25, -0.2) is 0 Å². The quantitative estimate of drug-likeness (QED) is 0.393. The van der Waals surface area contributed by atoms with E-state index in [1.165, 1.54) is 16.5 Å². The molecule has 0 unspecified atom stereocenters. The number of benzene rings is 2. The highest BCUT2D eigenvalue weighted by Crippen LogP contribution is 2.31. The van der Waals surface area contributed by atoms with Crippen molar-refractivity contribution in [3.05, 3.63) is 90.0 Å². The van der Waals surface area contributed by atoms with Crippen LogP contribution in [0.2, 0.25) is 0 Å². The molecule has 2 heterocycles. The van der Waals surface area contributed by atoms with Gasteiger partial charge in [0, 0.05) is 29.6 Å². The Bertz CT molecular complexity index is 1070. The van der Waals surface area contributed by atoms with Gasteiger partial charge in [-0.1, -0.05) is 30.3 Å². The summed E-state index contributed by atoms with van der Waals surface area (Å²) >= 11 is 5.47. The fraction of sp³-hybridized carbons (Fsp3) is 0.174. The third-order valence-corrected chi connectivity index (χ3v) is 5.27. The number of para-hydroxylation sites is 1. The van der Waals surface area contributed by atoms with Gasteiger partial charge in [-0.15, -0.1) is 0 Å². The molecule has 4 aromatic rings. The molecule has 0 amide bonds. The van der Waals surface area contributed by atoms with E-state index in [0.717, 1.165) is 17.0 Å². The fourth-order valence-corrected chi connectivity index (χ4v) is 3.62. The predicted octanol–water partition coefficient (Wildman–Crippen LogP) is 4.57. The van der Waals surface area contributed by atoms with Gasteiger partial charge < -0.3 is 24.8 Å². The summed E-state index contributed by atoms with van der Waals surface area (Å²) in [6, 6.07) is 20.3. The Morgan fingerprint density at radius 2 is 1.90 bits per heavy atom. The Morgan fingerprint density at radius 1 is 1.07 bits per heavy atom. The highest BCUT2D eigenvalue weighted by atomic mass is 32.1. The third kappa shape index (κ3) is 4.43. The second-order valence-corrected chi connectivity index (χ2v) is 7.17. The Labute approximate surface area is 175 Å². The van der Waals surface area contributed by atoms with Crippen molar-refractivity contribution in [2.75, 3.05) is 13.7 Å². The summed E-state index contributed by atoms with van der Waals surface area (Å²) in [4.78, 5) is 3.38. The Kier molecular flexibility index (Phi) is 5.81. The Hall–Kier alpha value is -3.25. The van der Waals surface area contributed by atoms with Crippen LogP contribution in [0.15, 0.2) is 77.5 Å². The standard InChI is InChI=1S/C23H23N3O2S/c1-27-17-10-8-16(9-11-17)20(21-15-24-22-7-3-2-6-19(21)22)14-26-23(29)25-13-18-5-4-12-28-18/h2-12,15,20,24H,13-14H2,1H3,(H2,25,26,29)/t20-/m0/s1. The Morgan fingerprint density at radius 3 is 2.66 bits per heavy atom. The molecule has 5 nitrogen and oxygen atoms in total. The molecule has 0 aliphatic rings. The van der Waals surface area contributed by atoms with E-state index < -0.39 is 0 Å². The molecule has 0 radical (unpaired) electrons. The maximum atomic E-state index is 5.47. The van der Waals surface area contributed by atoms with Crippen molar-refractivity contribution in [1.82, 2.24) is 15.6 Å². The maximum absolute atomic E-state index is 5.47. The highest BCUT2D eigenvalue weighted by Gasteiger charge is 2.18. The van der Waals surface area contributed by atoms with Crippen LogP contribution in [-0.2, 0) is 6.54 Å². The normalized spacial score (nSPS) is 11.9. The first-order valence-electron chi connectivity index (χ1n) is 9.48. The van der Waals surface area contributed by atoms with Crippen molar-refractivity contribution < 1.29 is 9.15 Å². The molecule has 2 aromatic carbocycles. The van der Waals surface area contributed by atoms with E-state index in [4.69, 9.17) is 21.4 Å². The average molecular weight is 406 g/mol. The second-order valence-electron chi connectivity index (χ2n) is 6.76. The summed E-state index contributed by atoms with van der Waals surface area (Å²) in [5.41, 5.74) is 3.54. The van der Waals surface area contributed by atoms with E-state index in [2.05, 4.69) is 52.1 Å². The first-order chi connectivity index (χ1) is 14.2. The molecule has 0 saturated carbocycles. The van der Waals surface area contributed by atoms with Crippen molar-refractivity contribution in [3.8, 4) is 5.75 Å². The number of methoxy groups -OCH3 is 1. The van der Waals surface area contributed by atoms with Gasteiger partial charge in [-0.3, -0.25) is 0 Å². The molecular weight excluding hydrogens is 382 g/mol. The van der Waals surface area contributed by atoms with Crippen LogP contribution in [0, 0.1) is 0 Å². The third-order valence-electron chi connectivity index (χ3n) is 4.98. The number of hydrogen-bond donors (Lipinski definition) is 3. The molecule has 4 rings (SSSR count). The van der Waals surface area contributed by atoms with Crippen LogP contribution in [0.5, 0.6) is 5.75 Å². The number of H-pyrrole nitrogens is 1. The molecule has 0 fully saturated rings. The van der Waals surface area contributed by atoms with E-state index >= 15 is 0 Å². The minimum absolute atomic E-state index is 0.125. The monoisotopic (exact) mass is 405 g/mol. The molecule has 0 bridgehead atoms. The molecule has 1 atom stereocenters. The highest BCUT2D eigenvalue weighted by molar-refractivity contribution is 7.80. The number of fused-ring (bicyclic) bond motifs is 1. The van der Waals surface area contributed by atoms with Gasteiger partial charge in [0.2, 0.25) is 0 Å². The number of nitrogens with one attached hydrogen (secondary N) is 3. The van der Waals surface area contributed by atoms with Gasteiger partial charge in [0.1, 0.15) is 11.5 Å². The molecule has 0 saturated heterocycles. The largest absolute Gasteiger partial charge is 0.497 e. The molecular formula is C23H23N3O2S. The molecule has 2 aromatic heterocycles. The lowest BCUT2D eigenvalue weighted by Crippen LogP contribution is -2.37. The van der Waals surface area contributed by atoms with Gasteiger partial charge in [0.15, 0.2) is 5.11 Å². The lowest BCUT2D eigenvalue weighted by molar-refractivity contribution is 0.414. The number of aromatic amines is 1. The van der Waals surface area contributed by atoms with Crippen LogP contribution < -0.4 is 15.4 Å². The van der Waals surface area contributed by atoms with E-state index in [1.54, 1.807) is 13.4 Å². The second kappa shape index (κ2) is 8.84. The SMILES string of the molecule is COc1ccc([C@H](CNC(=S)NCc2ccco2)c2c[nH]c3ccccc23)cc1.